The summed E-state index contributed by atoms with van der Waals surface area (Å²) in [5.41, 5.74) is 6.66. The molecule has 4 heteroatoms. The van der Waals surface area contributed by atoms with Crippen LogP contribution in [-0.4, -0.2) is 11.7 Å². The van der Waals surface area contributed by atoms with E-state index in [1.165, 1.54) is 0 Å². The lowest BCUT2D eigenvalue weighted by Crippen LogP contribution is -2.34. The Kier molecular flexibility index (Phi) is 4.37. The predicted molar refractivity (Wildman–Crippen MR) is 78.6 cm³/mol. The Bertz CT molecular complexity index is 440. The topological polar surface area (TPSA) is 46.2 Å². The average Bonchev–Trinajstić information content (AvgIpc) is 2.75. The number of hydrogen-bond donors (Lipinski definition) is 2. The molecule has 0 heterocycles. The number of nitrogens with two attached hydrogens (primary N) is 1. The standard InChI is InChI=1S/C14H19BrClNO/c1-9-4-5-14(7-9,8-17)13(18)10-2-3-12(16)11(15)6-10/h2-3,6,9,13,18H,4-5,7-8,17H2,1H3. The first-order valence-corrected chi connectivity index (χ1v) is 7.49. The zero-order chi connectivity index (χ0) is 13.3. The molecule has 0 amide bonds. The molecule has 0 saturated heterocycles. The zero-order valence-corrected chi connectivity index (χ0v) is 12.8. The number of aliphatic hydroxyl groups excluding tert-OH is 1. The van der Waals surface area contributed by atoms with Gasteiger partial charge in [-0.1, -0.05) is 31.0 Å². The van der Waals surface area contributed by atoms with Crippen molar-refractivity contribution in [1.82, 2.24) is 0 Å². The molecule has 0 spiro atoms. The molecular weight excluding hydrogens is 314 g/mol. The fraction of sp³-hybridized carbons (Fsp3) is 0.571. The highest BCUT2D eigenvalue weighted by Gasteiger charge is 2.42. The van der Waals surface area contributed by atoms with E-state index in [1.807, 2.05) is 18.2 Å². The second-order valence-electron chi connectivity index (χ2n) is 5.49. The molecular formula is C14H19BrClNO. The lowest BCUT2D eigenvalue weighted by atomic mass is 9.77. The summed E-state index contributed by atoms with van der Waals surface area (Å²) in [6, 6.07) is 5.60. The fourth-order valence-electron chi connectivity index (χ4n) is 3.01. The number of halogens is 2. The maximum atomic E-state index is 10.7. The number of hydrogen-bond acceptors (Lipinski definition) is 2. The predicted octanol–water partition coefficient (Wildman–Crippen LogP) is 3.90. The molecule has 3 N–H and O–H groups in total. The van der Waals surface area contributed by atoms with Crippen LogP contribution in [0.15, 0.2) is 22.7 Å². The number of rotatable bonds is 3. The molecule has 1 fully saturated rings. The van der Waals surface area contributed by atoms with E-state index in [1.54, 1.807) is 0 Å². The van der Waals surface area contributed by atoms with Gasteiger partial charge in [-0.15, -0.1) is 0 Å². The van der Waals surface area contributed by atoms with Gasteiger partial charge in [0.2, 0.25) is 0 Å². The van der Waals surface area contributed by atoms with Crippen molar-refractivity contribution in [2.24, 2.45) is 17.1 Å². The maximum absolute atomic E-state index is 10.7. The number of benzene rings is 1. The van der Waals surface area contributed by atoms with Crippen LogP contribution < -0.4 is 5.73 Å². The van der Waals surface area contributed by atoms with Gasteiger partial charge in [0, 0.05) is 16.4 Å². The van der Waals surface area contributed by atoms with Crippen LogP contribution in [0.25, 0.3) is 0 Å². The highest BCUT2D eigenvalue weighted by molar-refractivity contribution is 9.10. The van der Waals surface area contributed by atoms with Gasteiger partial charge in [-0.25, -0.2) is 0 Å². The van der Waals surface area contributed by atoms with Gasteiger partial charge in [-0.05, 0) is 52.4 Å². The van der Waals surface area contributed by atoms with Crippen molar-refractivity contribution in [2.45, 2.75) is 32.3 Å². The molecule has 100 valence electrons. The third kappa shape index (κ3) is 2.60. The summed E-state index contributed by atoms with van der Waals surface area (Å²) in [5, 5.41) is 11.3. The van der Waals surface area contributed by atoms with E-state index < -0.39 is 6.10 Å². The van der Waals surface area contributed by atoms with Crippen LogP contribution in [0.2, 0.25) is 5.02 Å². The normalized spacial score (nSPS) is 29.5. The van der Waals surface area contributed by atoms with Gasteiger partial charge in [0.25, 0.3) is 0 Å². The summed E-state index contributed by atoms with van der Waals surface area (Å²) in [6.07, 6.45) is 2.61. The Hall–Kier alpha value is -0.0900. The van der Waals surface area contributed by atoms with Gasteiger partial charge in [-0.3, -0.25) is 0 Å². The monoisotopic (exact) mass is 331 g/mol. The maximum Gasteiger partial charge on any atom is 0.0858 e. The van der Waals surface area contributed by atoms with Crippen LogP contribution >= 0.6 is 27.5 Å². The smallest absolute Gasteiger partial charge is 0.0858 e. The zero-order valence-electron chi connectivity index (χ0n) is 10.5. The minimum Gasteiger partial charge on any atom is -0.388 e. The Labute approximate surface area is 122 Å². The SMILES string of the molecule is CC1CCC(CN)(C(O)c2ccc(Cl)c(Br)c2)C1. The molecule has 1 saturated carbocycles. The van der Waals surface area contributed by atoms with Crippen molar-refractivity contribution in [2.75, 3.05) is 6.54 Å². The van der Waals surface area contributed by atoms with Crippen molar-refractivity contribution in [3.05, 3.63) is 33.3 Å². The first kappa shape index (κ1) is 14.3. The van der Waals surface area contributed by atoms with E-state index in [2.05, 4.69) is 22.9 Å². The van der Waals surface area contributed by atoms with Crippen molar-refractivity contribution in [1.29, 1.82) is 0 Å². The third-order valence-corrected chi connectivity index (χ3v) is 5.35. The molecule has 0 bridgehead atoms. The summed E-state index contributed by atoms with van der Waals surface area (Å²) < 4.78 is 0.818. The van der Waals surface area contributed by atoms with Gasteiger partial charge in [0.15, 0.2) is 0 Å². The number of aliphatic hydroxyl groups is 1. The quantitative estimate of drug-likeness (QED) is 0.882. The summed E-state index contributed by atoms with van der Waals surface area (Å²) in [5.74, 6) is 0.638. The summed E-state index contributed by atoms with van der Waals surface area (Å²) in [7, 11) is 0. The van der Waals surface area contributed by atoms with Crippen molar-refractivity contribution >= 4 is 27.5 Å². The largest absolute Gasteiger partial charge is 0.388 e. The molecule has 18 heavy (non-hydrogen) atoms. The Balaban J connectivity index is 2.29. The van der Waals surface area contributed by atoms with E-state index in [4.69, 9.17) is 17.3 Å². The molecule has 0 aliphatic heterocycles. The Morgan fingerprint density at radius 2 is 2.33 bits per heavy atom. The lowest BCUT2D eigenvalue weighted by molar-refractivity contribution is 0.0307. The molecule has 3 atom stereocenters. The second-order valence-corrected chi connectivity index (χ2v) is 6.75. The first-order valence-electron chi connectivity index (χ1n) is 6.31. The molecule has 3 unspecified atom stereocenters. The Morgan fingerprint density at radius 1 is 1.61 bits per heavy atom. The van der Waals surface area contributed by atoms with Crippen molar-refractivity contribution < 1.29 is 5.11 Å². The van der Waals surface area contributed by atoms with Gasteiger partial charge in [-0.2, -0.15) is 0 Å². The van der Waals surface area contributed by atoms with E-state index in [0.717, 1.165) is 29.3 Å². The van der Waals surface area contributed by atoms with Gasteiger partial charge in [0.05, 0.1) is 11.1 Å². The molecule has 0 aromatic heterocycles. The summed E-state index contributed by atoms with van der Waals surface area (Å²) in [4.78, 5) is 0. The summed E-state index contributed by atoms with van der Waals surface area (Å²) in [6.45, 7) is 2.75. The molecule has 1 aromatic rings. The highest BCUT2D eigenvalue weighted by Crippen LogP contribution is 2.49. The van der Waals surface area contributed by atoms with E-state index in [9.17, 15) is 5.11 Å². The van der Waals surface area contributed by atoms with Crippen molar-refractivity contribution in [3.8, 4) is 0 Å². The minimum atomic E-state index is -0.513. The van der Waals surface area contributed by atoms with Crippen LogP contribution in [0.4, 0.5) is 0 Å². The molecule has 1 aliphatic rings. The van der Waals surface area contributed by atoms with Gasteiger partial charge < -0.3 is 10.8 Å². The third-order valence-electron chi connectivity index (χ3n) is 4.14. The van der Waals surface area contributed by atoms with Gasteiger partial charge >= 0.3 is 0 Å². The minimum absolute atomic E-state index is 0.174. The Morgan fingerprint density at radius 3 is 2.83 bits per heavy atom. The average molecular weight is 333 g/mol. The van der Waals surface area contributed by atoms with Crippen LogP contribution in [0.1, 0.15) is 37.9 Å². The van der Waals surface area contributed by atoms with E-state index in [-0.39, 0.29) is 5.41 Å². The van der Waals surface area contributed by atoms with Crippen LogP contribution in [-0.2, 0) is 0 Å². The molecule has 2 rings (SSSR count). The molecule has 1 aromatic carbocycles. The van der Waals surface area contributed by atoms with E-state index in [0.29, 0.717) is 17.5 Å². The molecule has 1 aliphatic carbocycles. The molecule has 2 nitrogen and oxygen atoms in total. The first-order chi connectivity index (χ1) is 8.48. The van der Waals surface area contributed by atoms with Crippen LogP contribution in [0.5, 0.6) is 0 Å². The second kappa shape index (κ2) is 5.49. The molecule has 0 radical (unpaired) electrons. The van der Waals surface area contributed by atoms with Crippen molar-refractivity contribution in [3.63, 3.8) is 0 Å². The fourth-order valence-corrected chi connectivity index (χ4v) is 3.53. The lowest BCUT2D eigenvalue weighted by Gasteiger charge is -2.33. The van der Waals surface area contributed by atoms with Crippen LogP contribution in [0.3, 0.4) is 0 Å². The van der Waals surface area contributed by atoms with E-state index >= 15 is 0 Å². The summed E-state index contributed by atoms with van der Waals surface area (Å²) >= 11 is 9.38. The highest BCUT2D eigenvalue weighted by atomic mass is 79.9. The van der Waals surface area contributed by atoms with Crippen LogP contribution in [0, 0.1) is 11.3 Å². The van der Waals surface area contributed by atoms with Gasteiger partial charge in [0.1, 0.15) is 0 Å².